The Kier molecular flexibility index (Phi) is 10.3. The van der Waals surface area contributed by atoms with Crippen molar-refractivity contribution in [3.8, 4) is 11.5 Å². The van der Waals surface area contributed by atoms with Crippen molar-refractivity contribution in [1.29, 1.82) is 0 Å². The lowest BCUT2D eigenvalue weighted by Crippen LogP contribution is -2.34. The third kappa shape index (κ3) is 7.60. The summed E-state index contributed by atoms with van der Waals surface area (Å²) in [5, 5.41) is 5.57. The zero-order valence-electron chi connectivity index (χ0n) is 21.6. The fourth-order valence-corrected chi connectivity index (χ4v) is 3.28. The topological polar surface area (TPSA) is 76.7 Å². The van der Waals surface area contributed by atoms with Gasteiger partial charge in [0, 0.05) is 0 Å². The molecule has 0 radical (unpaired) electrons. The van der Waals surface area contributed by atoms with Crippen LogP contribution in [0.1, 0.15) is 44.4 Å². The van der Waals surface area contributed by atoms with Gasteiger partial charge in [0.15, 0.2) is 12.2 Å². The molecule has 0 fully saturated rings. The van der Waals surface area contributed by atoms with Crippen LogP contribution in [0, 0.1) is 20.8 Å². The van der Waals surface area contributed by atoms with Crippen molar-refractivity contribution >= 4 is 23.2 Å². The largest absolute Gasteiger partial charge is 0.478 e. The van der Waals surface area contributed by atoms with Gasteiger partial charge in [-0.25, -0.2) is 0 Å². The highest BCUT2D eigenvalue weighted by molar-refractivity contribution is 5.98. The van der Waals surface area contributed by atoms with Gasteiger partial charge in [0.25, 0.3) is 11.8 Å². The molecule has 2 amide bonds. The number of anilines is 2. The lowest BCUT2D eigenvalue weighted by Gasteiger charge is -2.24. The van der Waals surface area contributed by atoms with Crippen molar-refractivity contribution < 1.29 is 19.1 Å². The third-order valence-corrected chi connectivity index (χ3v) is 5.21. The lowest BCUT2D eigenvalue weighted by atomic mass is 10.1. The first-order chi connectivity index (χ1) is 16.8. The molecule has 0 saturated heterocycles. The number of aryl methyl sites for hydroxylation is 3. The molecule has 0 unspecified atom stereocenters. The summed E-state index contributed by atoms with van der Waals surface area (Å²) in [6.45, 7) is 13.5. The molecule has 186 valence electrons. The van der Waals surface area contributed by atoms with E-state index in [1.165, 1.54) is 5.56 Å². The van der Waals surface area contributed by atoms with Gasteiger partial charge in [-0.1, -0.05) is 74.0 Å². The fourth-order valence-electron chi connectivity index (χ4n) is 3.28. The van der Waals surface area contributed by atoms with Crippen LogP contribution < -0.4 is 20.1 Å². The zero-order valence-corrected chi connectivity index (χ0v) is 21.6. The molecule has 6 heteroatoms. The SMILES string of the molecule is CC.Cc1cccc2c1O[C@@H](C)C(=O)N2.Cc1cccc2c1O[C@H](C)C(=O)N2.Cc1ccccc1. The minimum atomic E-state index is -0.395. The molecule has 0 aromatic heterocycles. The van der Waals surface area contributed by atoms with Crippen molar-refractivity contribution in [3.05, 3.63) is 83.4 Å². The Balaban J connectivity index is 0.000000186. The number of amides is 2. The van der Waals surface area contributed by atoms with E-state index in [4.69, 9.17) is 9.47 Å². The van der Waals surface area contributed by atoms with Crippen LogP contribution in [0.3, 0.4) is 0 Å². The quantitative estimate of drug-likeness (QED) is 0.391. The maximum Gasteiger partial charge on any atom is 0.265 e. The van der Waals surface area contributed by atoms with Gasteiger partial charge in [0.05, 0.1) is 11.4 Å². The van der Waals surface area contributed by atoms with Crippen LogP contribution >= 0.6 is 0 Å². The van der Waals surface area contributed by atoms with Gasteiger partial charge in [-0.2, -0.15) is 0 Å². The first-order valence-corrected chi connectivity index (χ1v) is 11.9. The molecule has 6 nitrogen and oxygen atoms in total. The molecule has 2 aliphatic heterocycles. The second kappa shape index (κ2) is 13.2. The van der Waals surface area contributed by atoms with Crippen molar-refractivity contribution in [3.63, 3.8) is 0 Å². The minimum absolute atomic E-state index is 0.0851. The van der Waals surface area contributed by atoms with E-state index < -0.39 is 12.2 Å². The maximum absolute atomic E-state index is 11.2. The van der Waals surface area contributed by atoms with Gasteiger partial charge in [-0.3, -0.25) is 9.59 Å². The standard InChI is InChI=1S/2C10H11NO2.C7H8.C2H6/c2*1-6-4-3-5-8-9(6)13-7(2)10(12)11-8;1-7-5-3-2-4-6-7;1-2/h2*3-5,7H,1-2H3,(H,11,12);2-6H,1H3;1-2H3/t2*7-;;/m10../s1. The third-order valence-electron chi connectivity index (χ3n) is 5.21. The summed E-state index contributed by atoms with van der Waals surface area (Å²) in [7, 11) is 0. The molecule has 0 spiro atoms. The van der Waals surface area contributed by atoms with Crippen molar-refractivity contribution in [1.82, 2.24) is 0 Å². The highest BCUT2D eigenvalue weighted by Crippen LogP contribution is 2.33. The molecule has 3 aromatic rings. The number of para-hydroxylation sites is 2. The summed E-state index contributed by atoms with van der Waals surface area (Å²) < 4.78 is 10.9. The molecule has 2 atom stereocenters. The highest BCUT2D eigenvalue weighted by Gasteiger charge is 2.25. The second-order valence-corrected chi connectivity index (χ2v) is 8.06. The normalized spacial score (nSPS) is 16.9. The molecule has 0 aliphatic carbocycles. The van der Waals surface area contributed by atoms with Gasteiger partial charge >= 0.3 is 0 Å². The Bertz CT molecular complexity index is 1060. The summed E-state index contributed by atoms with van der Waals surface area (Å²) in [6, 6.07) is 21.7. The Morgan fingerprint density at radius 3 is 1.34 bits per heavy atom. The number of nitrogens with one attached hydrogen (secondary N) is 2. The summed E-state index contributed by atoms with van der Waals surface area (Å²) in [5.74, 6) is 1.40. The van der Waals surface area contributed by atoms with E-state index in [1.807, 2.05) is 82.3 Å². The van der Waals surface area contributed by atoms with Gasteiger partial charge in [-0.05, 0) is 57.9 Å². The highest BCUT2D eigenvalue weighted by atomic mass is 16.5. The first kappa shape index (κ1) is 27.4. The van der Waals surface area contributed by atoms with E-state index in [-0.39, 0.29) is 11.8 Å². The van der Waals surface area contributed by atoms with Gasteiger partial charge in [-0.15, -0.1) is 0 Å². The molecule has 2 aliphatic rings. The number of rotatable bonds is 0. The monoisotopic (exact) mass is 476 g/mol. The summed E-state index contributed by atoms with van der Waals surface area (Å²) >= 11 is 0. The Labute approximate surface area is 208 Å². The number of hydrogen-bond acceptors (Lipinski definition) is 4. The smallest absolute Gasteiger partial charge is 0.265 e. The van der Waals surface area contributed by atoms with Crippen LogP contribution in [0.5, 0.6) is 11.5 Å². The first-order valence-electron chi connectivity index (χ1n) is 11.9. The van der Waals surface area contributed by atoms with E-state index in [1.54, 1.807) is 13.8 Å². The molecular formula is C29H36N2O4. The molecule has 3 aromatic carbocycles. The lowest BCUT2D eigenvalue weighted by molar-refractivity contribution is -0.123. The van der Waals surface area contributed by atoms with Crippen LogP contribution in [0.25, 0.3) is 0 Å². The number of benzene rings is 3. The summed E-state index contributed by atoms with van der Waals surface area (Å²) in [4.78, 5) is 22.5. The Hall–Kier alpha value is -3.80. The Morgan fingerprint density at radius 2 is 1.00 bits per heavy atom. The van der Waals surface area contributed by atoms with E-state index in [0.717, 1.165) is 34.0 Å². The van der Waals surface area contributed by atoms with E-state index in [2.05, 4.69) is 29.7 Å². The average Bonchev–Trinajstić information content (AvgIpc) is 2.85. The summed E-state index contributed by atoms with van der Waals surface area (Å²) in [5.41, 5.74) is 4.95. The van der Waals surface area contributed by atoms with Crippen LogP contribution in [0.2, 0.25) is 0 Å². The zero-order chi connectivity index (χ0) is 26.0. The summed E-state index contributed by atoms with van der Waals surface area (Å²) in [6.07, 6.45) is -0.790. The van der Waals surface area contributed by atoms with Gasteiger partial charge < -0.3 is 20.1 Å². The Morgan fingerprint density at radius 1 is 0.600 bits per heavy atom. The van der Waals surface area contributed by atoms with E-state index in [0.29, 0.717) is 0 Å². The second-order valence-electron chi connectivity index (χ2n) is 8.06. The molecule has 35 heavy (non-hydrogen) atoms. The molecule has 2 N–H and O–H groups in total. The maximum atomic E-state index is 11.2. The van der Waals surface area contributed by atoms with Crippen molar-refractivity contribution in [2.24, 2.45) is 0 Å². The molecule has 2 heterocycles. The predicted octanol–water partition coefficient (Wildman–Crippen LogP) is 6.45. The van der Waals surface area contributed by atoms with Gasteiger partial charge in [0.1, 0.15) is 11.5 Å². The van der Waals surface area contributed by atoms with Crippen LogP contribution in [0.15, 0.2) is 66.7 Å². The number of carbonyl (C=O) groups is 2. The minimum Gasteiger partial charge on any atom is -0.478 e. The van der Waals surface area contributed by atoms with Gasteiger partial charge in [0.2, 0.25) is 0 Å². The number of hydrogen-bond donors (Lipinski definition) is 2. The van der Waals surface area contributed by atoms with Crippen molar-refractivity contribution in [2.45, 2.75) is 60.7 Å². The molecule has 0 saturated carbocycles. The van der Waals surface area contributed by atoms with Crippen molar-refractivity contribution in [2.75, 3.05) is 10.6 Å². The number of fused-ring (bicyclic) bond motifs is 2. The van der Waals surface area contributed by atoms with Crippen LogP contribution in [-0.4, -0.2) is 24.0 Å². The number of carbonyl (C=O) groups excluding carboxylic acids is 2. The predicted molar refractivity (Wildman–Crippen MR) is 142 cm³/mol. The average molecular weight is 477 g/mol. The molecular weight excluding hydrogens is 440 g/mol. The fraction of sp³-hybridized carbons (Fsp3) is 0.310. The van der Waals surface area contributed by atoms with Crippen LogP contribution in [0.4, 0.5) is 11.4 Å². The van der Waals surface area contributed by atoms with Crippen LogP contribution in [-0.2, 0) is 9.59 Å². The van der Waals surface area contributed by atoms with E-state index in [9.17, 15) is 9.59 Å². The van der Waals surface area contributed by atoms with E-state index >= 15 is 0 Å². The molecule has 5 rings (SSSR count). The number of ether oxygens (including phenoxy) is 2. The molecule has 0 bridgehead atoms.